The van der Waals surface area contributed by atoms with Crippen LogP contribution in [-0.2, 0) is 4.79 Å². The van der Waals surface area contributed by atoms with Crippen molar-refractivity contribution in [2.45, 2.75) is 33.4 Å². The number of carbonyl (C=O) groups is 1. The minimum Gasteiger partial charge on any atom is -0.432 e. The Morgan fingerprint density at radius 1 is 1.38 bits per heavy atom. The number of aromatic nitrogens is 2. The molecule has 0 fully saturated rings. The van der Waals surface area contributed by atoms with Gasteiger partial charge in [-0.3, -0.25) is 19.6 Å². The molecule has 2 aromatic rings. The van der Waals surface area contributed by atoms with E-state index in [1.54, 1.807) is 0 Å². The van der Waals surface area contributed by atoms with E-state index in [-0.39, 0.29) is 22.8 Å². The summed E-state index contributed by atoms with van der Waals surface area (Å²) in [7, 11) is 0. The fourth-order valence-corrected chi connectivity index (χ4v) is 2.44. The standard InChI is InChI=1S/C15H15F3N4O4/c1-7-13(22(24)25)8(2)21(20-7)9(3)14(23)19-11-5-4-10(16)6-12(11)26-15(17)18/h4-6,9,15H,1-3H3,(H,19,23). The molecule has 11 heteroatoms. The molecule has 0 saturated carbocycles. The SMILES string of the molecule is Cc1nn(C(C)C(=O)Nc2ccc(F)cc2OC(F)F)c(C)c1[N+](=O)[O-]. The summed E-state index contributed by atoms with van der Waals surface area (Å²) in [5.74, 6) is -2.06. The zero-order chi connectivity index (χ0) is 19.6. The maximum absolute atomic E-state index is 13.2. The molecule has 0 radical (unpaired) electrons. The summed E-state index contributed by atoms with van der Waals surface area (Å²) in [4.78, 5) is 22.8. The van der Waals surface area contributed by atoms with E-state index in [4.69, 9.17) is 0 Å². The van der Waals surface area contributed by atoms with Crippen LogP contribution >= 0.6 is 0 Å². The summed E-state index contributed by atoms with van der Waals surface area (Å²) < 4.78 is 43.4. The predicted octanol–water partition coefficient (Wildman–Crippen LogP) is 3.35. The lowest BCUT2D eigenvalue weighted by Crippen LogP contribution is -2.25. The highest BCUT2D eigenvalue weighted by Gasteiger charge is 2.27. The molecule has 0 aliphatic rings. The lowest BCUT2D eigenvalue weighted by atomic mass is 10.2. The Morgan fingerprint density at radius 3 is 2.58 bits per heavy atom. The van der Waals surface area contributed by atoms with E-state index in [0.717, 1.165) is 16.8 Å². The molecule has 1 aromatic heterocycles. The molecule has 2 rings (SSSR count). The highest BCUT2D eigenvalue weighted by Crippen LogP contribution is 2.29. The first kappa shape index (κ1) is 19.2. The summed E-state index contributed by atoms with van der Waals surface area (Å²) in [5, 5.41) is 17.4. The number of rotatable bonds is 6. The third-order valence-electron chi connectivity index (χ3n) is 3.63. The lowest BCUT2D eigenvalue weighted by molar-refractivity contribution is -0.386. The van der Waals surface area contributed by atoms with Crippen molar-refractivity contribution in [1.82, 2.24) is 9.78 Å². The van der Waals surface area contributed by atoms with Gasteiger partial charge in [-0.15, -0.1) is 0 Å². The Morgan fingerprint density at radius 2 is 2.04 bits per heavy atom. The number of nitro groups is 1. The van der Waals surface area contributed by atoms with Crippen LogP contribution in [0.5, 0.6) is 5.75 Å². The number of aryl methyl sites for hydroxylation is 1. The van der Waals surface area contributed by atoms with Crippen molar-refractivity contribution in [3.8, 4) is 5.75 Å². The van der Waals surface area contributed by atoms with Crippen molar-refractivity contribution in [1.29, 1.82) is 0 Å². The van der Waals surface area contributed by atoms with Gasteiger partial charge in [-0.1, -0.05) is 0 Å². The molecule has 0 aliphatic heterocycles. The van der Waals surface area contributed by atoms with Crippen LogP contribution in [0, 0.1) is 29.8 Å². The van der Waals surface area contributed by atoms with E-state index in [1.807, 2.05) is 0 Å². The summed E-state index contributed by atoms with van der Waals surface area (Å²) >= 11 is 0. The van der Waals surface area contributed by atoms with Crippen molar-refractivity contribution in [3.05, 3.63) is 45.5 Å². The van der Waals surface area contributed by atoms with Crippen LogP contribution in [0.25, 0.3) is 0 Å². The van der Waals surface area contributed by atoms with E-state index in [0.29, 0.717) is 6.07 Å². The minimum atomic E-state index is -3.21. The van der Waals surface area contributed by atoms with E-state index >= 15 is 0 Å². The Bertz CT molecular complexity index is 854. The molecule has 1 unspecified atom stereocenters. The monoisotopic (exact) mass is 372 g/mol. The third-order valence-corrected chi connectivity index (χ3v) is 3.63. The van der Waals surface area contributed by atoms with Gasteiger partial charge in [0.25, 0.3) is 0 Å². The molecule has 26 heavy (non-hydrogen) atoms. The summed E-state index contributed by atoms with van der Waals surface area (Å²) in [6, 6.07) is 1.75. The van der Waals surface area contributed by atoms with Gasteiger partial charge in [0.1, 0.15) is 23.2 Å². The minimum absolute atomic E-state index is 0.135. The van der Waals surface area contributed by atoms with Crippen LogP contribution in [0.4, 0.5) is 24.5 Å². The van der Waals surface area contributed by atoms with E-state index < -0.39 is 35.1 Å². The van der Waals surface area contributed by atoms with Crippen LogP contribution in [0.1, 0.15) is 24.4 Å². The summed E-state index contributed by atoms with van der Waals surface area (Å²) in [6.07, 6.45) is 0. The first-order chi connectivity index (χ1) is 12.1. The van der Waals surface area contributed by atoms with Gasteiger partial charge in [-0.05, 0) is 32.9 Å². The second-order valence-corrected chi connectivity index (χ2v) is 5.41. The van der Waals surface area contributed by atoms with Crippen LogP contribution in [0.2, 0.25) is 0 Å². The van der Waals surface area contributed by atoms with Crippen molar-refractivity contribution in [2.75, 3.05) is 5.32 Å². The lowest BCUT2D eigenvalue weighted by Gasteiger charge is -2.16. The highest BCUT2D eigenvalue weighted by atomic mass is 19.3. The number of hydrogen-bond acceptors (Lipinski definition) is 5. The van der Waals surface area contributed by atoms with Gasteiger partial charge in [0.15, 0.2) is 5.75 Å². The summed E-state index contributed by atoms with van der Waals surface area (Å²) in [6.45, 7) is 1.09. The first-order valence-electron chi connectivity index (χ1n) is 7.37. The number of anilines is 1. The van der Waals surface area contributed by atoms with Crippen molar-refractivity contribution in [3.63, 3.8) is 0 Å². The molecule has 0 bridgehead atoms. The maximum Gasteiger partial charge on any atom is 0.387 e. The van der Waals surface area contributed by atoms with Gasteiger partial charge in [0.05, 0.1) is 10.6 Å². The maximum atomic E-state index is 13.2. The molecule has 0 saturated heterocycles. The average molecular weight is 372 g/mol. The number of alkyl halides is 2. The molecule has 1 atom stereocenters. The van der Waals surface area contributed by atoms with Gasteiger partial charge in [0.2, 0.25) is 5.91 Å². The molecule has 1 amide bonds. The predicted molar refractivity (Wildman–Crippen MR) is 84.7 cm³/mol. The molecule has 1 aromatic carbocycles. The third kappa shape index (κ3) is 3.92. The van der Waals surface area contributed by atoms with Gasteiger partial charge >= 0.3 is 12.3 Å². The van der Waals surface area contributed by atoms with Gasteiger partial charge in [-0.25, -0.2) is 4.39 Å². The number of hydrogen-bond donors (Lipinski definition) is 1. The average Bonchev–Trinajstić information content (AvgIpc) is 2.83. The van der Waals surface area contributed by atoms with Crippen LogP contribution in [0.3, 0.4) is 0 Å². The van der Waals surface area contributed by atoms with Crippen molar-refractivity contribution < 1.29 is 27.6 Å². The number of carbonyl (C=O) groups excluding carboxylic acids is 1. The van der Waals surface area contributed by atoms with E-state index in [9.17, 15) is 28.1 Å². The van der Waals surface area contributed by atoms with Crippen LogP contribution in [-0.4, -0.2) is 27.2 Å². The topological polar surface area (TPSA) is 99.3 Å². The Kier molecular flexibility index (Phi) is 5.48. The van der Waals surface area contributed by atoms with Crippen LogP contribution in [0.15, 0.2) is 18.2 Å². The molecule has 140 valence electrons. The second-order valence-electron chi connectivity index (χ2n) is 5.41. The zero-order valence-electron chi connectivity index (χ0n) is 14.0. The molecular formula is C15H15F3N4O4. The van der Waals surface area contributed by atoms with Gasteiger partial charge in [0, 0.05) is 6.07 Å². The molecule has 8 nitrogen and oxygen atoms in total. The molecular weight excluding hydrogens is 357 g/mol. The van der Waals surface area contributed by atoms with Crippen molar-refractivity contribution >= 4 is 17.3 Å². The number of halogens is 3. The fourth-order valence-electron chi connectivity index (χ4n) is 2.44. The number of amides is 1. The quantitative estimate of drug-likeness (QED) is 0.619. The zero-order valence-corrected chi connectivity index (χ0v) is 14.0. The smallest absolute Gasteiger partial charge is 0.387 e. The number of ether oxygens (including phenoxy) is 1. The summed E-state index contributed by atoms with van der Waals surface area (Å²) in [5.41, 5.74) is -0.0818. The van der Waals surface area contributed by atoms with Gasteiger partial charge < -0.3 is 10.1 Å². The van der Waals surface area contributed by atoms with Gasteiger partial charge in [-0.2, -0.15) is 13.9 Å². The molecule has 0 spiro atoms. The largest absolute Gasteiger partial charge is 0.432 e. The Hall–Kier alpha value is -3.11. The molecule has 1 N–H and O–H groups in total. The Labute approximate surface area is 145 Å². The number of nitrogens with zero attached hydrogens (tertiary/aromatic N) is 3. The van der Waals surface area contributed by atoms with Crippen LogP contribution < -0.4 is 10.1 Å². The molecule has 0 aliphatic carbocycles. The number of nitrogens with one attached hydrogen (secondary N) is 1. The Balaban J connectivity index is 2.28. The number of benzene rings is 1. The fraction of sp³-hybridized carbons (Fsp3) is 0.333. The van der Waals surface area contributed by atoms with E-state index in [2.05, 4.69) is 15.2 Å². The first-order valence-corrected chi connectivity index (χ1v) is 7.37. The highest BCUT2D eigenvalue weighted by molar-refractivity contribution is 5.94. The molecule has 1 heterocycles. The normalized spacial score (nSPS) is 12.1. The van der Waals surface area contributed by atoms with E-state index in [1.165, 1.54) is 20.8 Å². The van der Waals surface area contributed by atoms with Crippen molar-refractivity contribution in [2.24, 2.45) is 0 Å². The second kappa shape index (κ2) is 7.42.